The van der Waals surface area contributed by atoms with Gasteiger partial charge in [0.2, 0.25) is 0 Å². The number of pyridine rings is 1. The molecule has 0 fully saturated rings. The third-order valence-corrected chi connectivity index (χ3v) is 3.77. The first-order valence-electron chi connectivity index (χ1n) is 6.43. The number of H-pyrrole nitrogens is 1. The van der Waals surface area contributed by atoms with Gasteiger partial charge in [0.25, 0.3) is 5.56 Å². The zero-order valence-electron chi connectivity index (χ0n) is 10.7. The summed E-state index contributed by atoms with van der Waals surface area (Å²) in [4.78, 5) is 26.4. The highest BCUT2D eigenvalue weighted by molar-refractivity contribution is 5.99. The van der Waals surface area contributed by atoms with E-state index in [-0.39, 0.29) is 17.3 Å². The van der Waals surface area contributed by atoms with Gasteiger partial charge in [-0.1, -0.05) is 30.3 Å². The fourth-order valence-electron chi connectivity index (χ4n) is 2.76. The van der Waals surface area contributed by atoms with Crippen molar-refractivity contribution in [2.24, 2.45) is 0 Å². The van der Waals surface area contributed by atoms with Crippen molar-refractivity contribution in [2.75, 3.05) is 0 Å². The molecule has 1 aromatic heterocycles. The summed E-state index contributed by atoms with van der Waals surface area (Å²) in [5, 5.41) is 9.14. The minimum absolute atomic E-state index is 0.0205. The molecular formula is C16H12N2O2. The predicted molar refractivity (Wildman–Crippen MR) is 73.6 cm³/mol. The lowest BCUT2D eigenvalue weighted by molar-refractivity contribution is 0.0963. The van der Waals surface area contributed by atoms with E-state index in [0.29, 0.717) is 24.0 Å². The van der Waals surface area contributed by atoms with E-state index in [1.807, 2.05) is 36.4 Å². The van der Waals surface area contributed by atoms with Crippen molar-refractivity contribution in [2.45, 2.75) is 18.8 Å². The van der Waals surface area contributed by atoms with Crippen LogP contribution in [-0.4, -0.2) is 10.8 Å². The Morgan fingerprint density at radius 3 is 2.60 bits per heavy atom. The number of Topliss-reactive ketones (excluding diaryl/α,β-unsaturated/α-hetero) is 1. The first-order chi connectivity index (χ1) is 9.70. The fraction of sp³-hybridized carbons (Fsp3) is 0.188. The van der Waals surface area contributed by atoms with Crippen molar-refractivity contribution in [1.82, 2.24) is 4.98 Å². The third-order valence-electron chi connectivity index (χ3n) is 3.77. The van der Waals surface area contributed by atoms with Gasteiger partial charge in [0, 0.05) is 18.2 Å². The van der Waals surface area contributed by atoms with Crippen molar-refractivity contribution < 1.29 is 4.79 Å². The average molecular weight is 264 g/mol. The monoisotopic (exact) mass is 264 g/mol. The molecule has 1 heterocycles. The van der Waals surface area contributed by atoms with Gasteiger partial charge < -0.3 is 4.98 Å². The SMILES string of the molecule is N#Cc1c2c(c[nH]c1=O)C(=O)CC(c1ccccc1)C2. The standard InChI is InChI=1S/C16H12N2O2/c17-8-13-12-6-11(10-4-2-1-3-5-10)7-15(19)14(12)9-18-16(13)20/h1-5,9,11H,6-7H2,(H,18,20). The minimum Gasteiger partial charge on any atom is -0.327 e. The molecule has 3 rings (SSSR count). The molecule has 2 aromatic rings. The second-order valence-electron chi connectivity index (χ2n) is 4.94. The lowest BCUT2D eigenvalue weighted by Gasteiger charge is -2.24. The van der Waals surface area contributed by atoms with Gasteiger partial charge in [0.15, 0.2) is 5.78 Å². The molecule has 0 radical (unpaired) electrons. The minimum atomic E-state index is -0.423. The predicted octanol–water partition coefficient (Wildman–Crippen LogP) is 2.16. The van der Waals surface area contributed by atoms with Crippen LogP contribution in [0, 0.1) is 11.3 Å². The topological polar surface area (TPSA) is 73.7 Å². The number of hydrogen-bond acceptors (Lipinski definition) is 3. The number of ketones is 1. The first kappa shape index (κ1) is 12.4. The number of carbonyl (C=O) groups is 1. The lowest BCUT2D eigenvalue weighted by Crippen LogP contribution is -2.25. The normalized spacial score (nSPS) is 17.4. The number of nitrogens with one attached hydrogen (secondary N) is 1. The van der Waals surface area contributed by atoms with Crippen molar-refractivity contribution in [3.05, 3.63) is 69.1 Å². The van der Waals surface area contributed by atoms with Gasteiger partial charge in [-0.05, 0) is 23.5 Å². The number of hydrogen-bond donors (Lipinski definition) is 1. The highest BCUT2D eigenvalue weighted by Crippen LogP contribution is 2.32. The van der Waals surface area contributed by atoms with Gasteiger partial charge >= 0.3 is 0 Å². The zero-order valence-corrected chi connectivity index (χ0v) is 10.7. The van der Waals surface area contributed by atoms with Gasteiger partial charge in [-0.3, -0.25) is 9.59 Å². The number of benzene rings is 1. The van der Waals surface area contributed by atoms with Crippen molar-refractivity contribution in [3.63, 3.8) is 0 Å². The van der Waals surface area contributed by atoms with Crippen LogP contribution in [0.25, 0.3) is 0 Å². The number of nitriles is 1. The maximum atomic E-state index is 12.2. The van der Waals surface area contributed by atoms with Crippen molar-refractivity contribution in [3.8, 4) is 6.07 Å². The molecule has 0 saturated heterocycles. The molecule has 0 spiro atoms. The molecule has 4 heteroatoms. The third kappa shape index (κ3) is 1.94. The second kappa shape index (κ2) is 4.78. The van der Waals surface area contributed by atoms with Crippen LogP contribution in [0.3, 0.4) is 0 Å². The van der Waals surface area contributed by atoms with Gasteiger partial charge in [-0.25, -0.2) is 0 Å². The summed E-state index contributed by atoms with van der Waals surface area (Å²) in [7, 11) is 0. The van der Waals surface area contributed by atoms with E-state index in [9.17, 15) is 9.59 Å². The molecule has 1 atom stereocenters. The van der Waals surface area contributed by atoms with E-state index in [1.165, 1.54) is 6.20 Å². The maximum absolute atomic E-state index is 12.2. The molecule has 4 nitrogen and oxygen atoms in total. The average Bonchev–Trinajstić information content (AvgIpc) is 2.48. The van der Waals surface area contributed by atoms with Crippen LogP contribution in [0.2, 0.25) is 0 Å². The van der Waals surface area contributed by atoms with Crippen molar-refractivity contribution >= 4 is 5.78 Å². The van der Waals surface area contributed by atoms with Crippen molar-refractivity contribution in [1.29, 1.82) is 5.26 Å². The fourth-order valence-corrected chi connectivity index (χ4v) is 2.76. The molecule has 1 aliphatic rings. The van der Waals surface area contributed by atoms with E-state index >= 15 is 0 Å². The van der Waals surface area contributed by atoms with Gasteiger partial charge in [0.05, 0.1) is 0 Å². The molecule has 1 aromatic carbocycles. The molecule has 1 N–H and O–H groups in total. The Morgan fingerprint density at radius 2 is 1.90 bits per heavy atom. The second-order valence-corrected chi connectivity index (χ2v) is 4.94. The Balaban J connectivity index is 2.11. The van der Waals surface area contributed by atoms with Crippen LogP contribution in [0.4, 0.5) is 0 Å². The lowest BCUT2D eigenvalue weighted by atomic mass is 9.79. The number of aromatic nitrogens is 1. The largest absolute Gasteiger partial charge is 0.327 e. The number of fused-ring (bicyclic) bond motifs is 1. The van der Waals surface area contributed by atoms with E-state index in [0.717, 1.165) is 5.56 Å². The maximum Gasteiger partial charge on any atom is 0.266 e. The van der Waals surface area contributed by atoms with Gasteiger partial charge in [-0.15, -0.1) is 0 Å². The Labute approximate surface area is 115 Å². The molecule has 1 unspecified atom stereocenters. The summed E-state index contributed by atoms with van der Waals surface area (Å²) in [6, 6.07) is 11.7. The van der Waals surface area contributed by atoms with E-state index < -0.39 is 5.56 Å². The van der Waals surface area contributed by atoms with E-state index in [2.05, 4.69) is 4.98 Å². The smallest absolute Gasteiger partial charge is 0.266 e. The molecule has 0 bridgehead atoms. The molecule has 0 saturated carbocycles. The Morgan fingerprint density at radius 1 is 1.15 bits per heavy atom. The highest BCUT2D eigenvalue weighted by Gasteiger charge is 2.29. The molecule has 0 amide bonds. The van der Waals surface area contributed by atoms with Crippen LogP contribution in [0.1, 0.15) is 39.4 Å². The highest BCUT2D eigenvalue weighted by atomic mass is 16.1. The van der Waals surface area contributed by atoms with Gasteiger partial charge in [-0.2, -0.15) is 5.26 Å². The Hall–Kier alpha value is -2.67. The summed E-state index contributed by atoms with van der Waals surface area (Å²) in [5.74, 6) is 0.0120. The van der Waals surface area contributed by atoms with Crippen LogP contribution in [-0.2, 0) is 6.42 Å². The number of carbonyl (C=O) groups excluding carboxylic acids is 1. The summed E-state index contributed by atoms with van der Waals surface area (Å²) < 4.78 is 0. The van der Waals surface area contributed by atoms with Crippen LogP contribution >= 0.6 is 0 Å². The summed E-state index contributed by atoms with van der Waals surface area (Å²) >= 11 is 0. The molecule has 1 aliphatic carbocycles. The molecule has 98 valence electrons. The van der Waals surface area contributed by atoms with E-state index in [1.54, 1.807) is 0 Å². The Kier molecular flexibility index (Phi) is 2.96. The summed E-state index contributed by atoms with van der Waals surface area (Å²) in [5.41, 5.74) is 1.77. The number of aromatic amines is 1. The number of rotatable bonds is 1. The van der Waals surface area contributed by atoms with Crippen LogP contribution < -0.4 is 5.56 Å². The number of nitrogens with zero attached hydrogens (tertiary/aromatic N) is 1. The van der Waals surface area contributed by atoms with Crippen LogP contribution in [0.5, 0.6) is 0 Å². The quantitative estimate of drug-likeness (QED) is 0.857. The molecule has 20 heavy (non-hydrogen) atoms. The zero-order chi connectivity index (χ0) is 14.1. The first-order valence-corrected chi connectivity index (χ1v) is 6.43. The van der Waals surface area contributed by atoms with E-state index in [4.69, 9.17) is 5.26 Å². The molecular weight excluding hydrogens is 252 g/mol. The molecule has 0 aliphatic heterocycles. The summed E-state index contributed by atoms with van der Waals surface area (Å²) in [6.07, 6.45) is 2.40. The van der Waals surface area contributed by atoms with Gasteiger partial charge in [0.1, 0.15) is 11.6 Å². The van der Waals surface area contributed by atoms with Crippen LogP contribution in [0.15, 0.2) is 41.3 Å². The summed E-state index contributed by atoms with van der Waals surface area (Å²) in [6.45, 7) is 0. The Bertz CT molecular complexity index is 769.